The molecule has 0 saturated carbocycles. The van der Waals surface area contributed by atoms with Crippen molar-refractivity contribution in [2.75, 3.05) is 13.1 Å². The Balaban J connectivity index is 1.37. The van der Waals surface area contributed by atoms with E-state index < -0.39 is 0 Å². The standard InChI is InChI=1S/C19H28N6/c20-19(22-14-12-16-8-3-1-4-9-16)21-13-7-11-18-24-23-17-10-5-2-6-15-25(17)18/h1,3-4,8-9H,2,5-7,10-15H2,(H3,20,21,22). The maximum atomic E-state index is 5.93. The number of nitrogens with two attached hydrogens (primary N) is 1. The smallest absolute Gasteiger partial charge is 0.188 e. The molecule has 6 heteroatoms. The quantitative estimate of drug-likeness (QED) is 0.459. The molecule has 0 spiro atoms. The van der Waals surface area contributed by atoms with Crippen molar-refractivity contribution in [3.05, 3.63) is 47.5 Å². The minimum Gasteiger partial charge on any atom is -0.370 e. The highest BCUT2D eigenvalue weighted by Crippen LogP contribution is 2.15. The number of nitrogens with zero attached hydrogens (tertiary/aromatic N) is 4. The van der Waals surface area contributed by atoms with E-state index in [1.165, 1.54) is 24.8 Å². The van der Waals surface area contributed by atoms with E-state index in [1.54, 1.807) is 0 Å². The van der Waals surface area contributed by atoms with Crippen LogP contribution < -0.4 is 11.1 Å². The lowest BCUT2D eigenvalue weighted by molar-refractivity contribution is 0.597. The van der Waals surface area contributed by atoms with Crippen LogP contribution in [0, 0.1) is 0 Å². The second-order valence-electron chi connectivity index (χ2n) is 6.53. The van der Waals surface area contributed by atoms with Gasteiger partial charge in [-0.3, -0.25) is 4.99 Å². The molecule has 3 N–H and O–H groups in total. The van der Waals surface area contributed by atoms with Crippen molar-refractivity contribution in [2.45, 2.75) is 51.5 Å². The highest BCUT2D eigenvalue weighted by atomic mass is 15.3. The highest BCUT2D eigenvalue weighted by molar-refractivity contribution is 5.77. The van der Waals surface area contributed by atoms with Gasteiger partial charge in [0.05, 0.1) is 0 Å². The van der Waals surface area contributed by atoms with Gasteiger partial charge < -0.3 is 15.6 Å². The van der Waals surface area contributed by atoms with Gasteiger partial charge in [-0.15, -0.1) is 10.2 Å². The summed E-state index contributed by atoms with van der Waals surface area (Å²) in [5, 5.41) is 11.9. The highest BCUT2D eigenvalue weighted by Gasteiger charge is 2.13. The first-order valence-corrected chi connectivity index (χ1v) is 9.31. The monoisotopic (exact) mass is 340 g/mol. The Morgan fingerprint density at radius 2 is 2.00 bits per heavy atom. The largest absolute Gasteiger partial charge is 0.370 e. The Labute approximate surface area is 149 Å². The number of rotatable bonds is 7. The van der Waals surface area contributed by atoms with Crippen LogP contribution in [0.2, 0.25) is 0 Å². The van der Waals surface area contributed by atoms with E-state index in [0.29, 0.717) is 12.5 Å². The van der Waals surface area contributed by atoms with Gasteiger partial charge in [0.15, 0.2) is 5.96 Å². The molecule has 6 nitrogen and oxygen atoms in total. The van der Waals surface area contributed by atoms with Crippen molar-refractivity contribution in [3.63, 3.8) is 0 Å². The molecular weight excluding hydrogens is 312 g/mol. The number of hydrogen-bond donors (Lipinski definition) is 2. The van der Waals surface area contributed by atoms with Gasteiger partial charge in [0.1, 0.15) is 11.6 Å². The summed E-state index contributed by atoms with van der Waals surface area (Å²) >= 11 is 0. The van der Waals surface area contributed by atoms with Gasteiger partial charge in [0.2, 0.25) is 0 Å². The fraction of sp³-hybridized carbons (Fsp3) is 0.526. The van der Waals surface area contributed by atoms with Crippen molar-refractivity contribution in [3.8, 4) is 0 Å². The molecule has 1 aliphatic rings. The summed E-state index contributed by atoms with van der Waals surface area (Å²) < 4.78 is 2.30. The maximum Gasteiger partial charge on any atom is 0.188 e. The average Bonchev–Trinajstić information content (AvgIpc) is 2.86. The van der Waals surface area contributed by atoms with Crippen LogP contribution in [-0.2, 0) is 25.8 Å². The number of hydrogen-bond acceptors (Lipinski definition) is 3. The number of aryl methyl sites for hydroxylation is 2. The van der Waals surface area contributed by atoms with Gasteiger partial charge in [-0.2, -0.15) is 0 Å². The van der Waals surface area contributed by atoms with Gasteiger partial charge >= 0.3 is 0 Å². The molecule has 0 saturated heterocycles. The third-order valence-corrected chi connectivity index (χ3v) is 4.59. The topological polar surface area (TPSA) is 81.1 Å². The van der Waals surface area contributed by atoms with Crippen molar-refractivity contribution in [2.24, 2.45) is 10.7 Å². The first-order chi connectivity index (χ1) is 12.3. The summed E-state index contributed by atoms with van der Waals surface area (Å²) in [7, 11) is 0. The zero-order valence-corrected chi connectivity index (χ0v) is 14.8. The van der Waals surface area contributed by atoms with Crippen LogP contribution in [0.15, 0.2) is 35.3 Å². The number of fused-ring (bicyclic) bond motifs is 1. The predicted octanol–water partition coefficient (Wildman–Crippen LogP) is 2.08. The Bertz CT molecular complexity index is 676. The van der Waals surface area contributed by atoms with Crippen LogP contribution in [0.1, 0.15) is 42.9 Å². The van der Waals surface area contributed by atoms with Gasteiger partial charge in [-0.25, -0.2) is 0 Å². The lowest BCUT2D eigenvalue weighted by Gasteiger charge is -2.07. The van der Waals surface area contributed by atoms with Crippen molar-refractivity contribution < 1.29 is 0 Å². The number of benzene rings is 1. The van der Waals surface area contributed by atoms with E-state index >= 15 is 0 Å². The Hall–Kier alpha value is -2.37. The van der Waals surface area contributed by atoms with Gasteiger partial charge in [-0.05, 0) is 31.2 Å². The molecule has 1 aliphatic heterocycles. The fourth-order valence-corrected chi connectivity index (χ4v) is 3.20. The third-order valence-electron chi connectivity index (χ3n) is 4.59. The number of guanidine groups is 1. The second kappa shape index (κ2) is 9.20. The summed E-state index contributed by atoms with van der Waals surface area (Å²) in [5.41, 5.74) is 7.24. The third kappa shape index (κ3) is 5.31. The molecule has 1 aromatic heterocycles. The number of aromatic nitrogens is 3. The van der Waals surface area contributed by atoms with E-state index in [1.807, 2.05) is 6.07 Å². The van der Waals surface area contributed by atoms with E-state index in [4.69, 9.17) is 5.73 Å². The molecule has 0 fully saturated rings. The molecule has 0 radical (unpaired) electrons. The Morgan fingerprint density at radius 1 is 1.12 bits per heavy atom. The molecule has 25 heavy (non-hydrogen) atoms. The predicted molar refractivity (Wildman–Crippen MR) is 101 cm³/mol. The van der Waals surface area contributed by atoms with E-state index in [9.17, 15) is 0 Å². The molecular formula is C19H28N6. The van der Waals surface area contributed by atoms with E-state index in [0.717, 1.165) is 50.4 Å². The summed E-state index contributed by atoms with van der Waals surface area (Å²) in [6.45, 7) is 2.58. The van der Waals surface area contributed by atoms with Crippen molar-refractivity contribution in [1.82, 2.24) is 20.1 Å². The van der Waals surface area contributed by atoms with Gasteiger partial charge in [0, 0.05) is 32.5 Å². The number of aliphatic imine (C=N–C) groups is 1. The second-order valence-corrected chi connectivity index (χ2v) is 6.53. The molecule has 134 valence electrons. The van der Waals surface area contributed by atoms with E-state index in [-0.39, 0.29) is 0 Å². The van der Waals surface area contributed by atoms with Crippen LogP contribution in [0.4, 0.5) is 0 Å². The molecule has 2 heterocycles. The average molecular weight is 340 g/mol. The van der Waals surface area contributed by atoms with Crippen LogP contribution in [0.5, 0.6) is 0 Å². The molecule has 0 aliphatic carbocycles. The summed E-state index contributed by atoms with van der Waals surface area (Å²) in [4.78, 5) is 4.41. The van der Waals surface area contributed by atoms with Crippen LogP contribution >= 0.6 is 0 Å². The maximum absolute atomic E-state index is 5.93. The van der Waals surface area contributed by atoms with Gasteiger partial charge in [0.25, 0.3) is 0 Å². The van der Waals surface area contributed by atoms with Crippen LogP contribution in [0.25, 0.3) is 0 Å². The van der Waals surface area contributed by atoms with E-state index in [2.05, 4.69) is 49.3 Å². The first-order valence-electron chi connectivity index (χ1n) is 9.31. The molecule has 0 bridgehead atoms. The Morgan fingerprint density at radius 3 is 2.88 bits per heavy atom. The molecule has 1 aromatic carbocycles. The summed E-state index contributed by atoms with van der Waals surface area (Å²) in [6, 6.07) is 10.4. The zero-order valence-electron chi connectivity index (χ0n) is 14.8. The SMILES string of the molecule is NC(=NCCCc1nnc2n1CCCCC2)NCCc1ccccc1. The fourth-order valence-electron chi connectivity index (χ4n) is 3.20. The van der Waals surface area contributed by atoms with Gasteiger partial charge in [-0.1, -0.05) is 36.8 Å². The van der Waals surface area contributed by atoms with Crippen LogP contribution in [-0.4, -0.2) is 33.8 Å². The lowest BCUT2D eigenvalue weighted by Crippen LogP contribution is -2.33. The molecule has 0 atom stereocenters. The molecule has 0 amide bonds. The minimum absolute atomic E-state index is 0.524. The van der Waals surface area contributed by atoms with Crippen molar-refractivity contribution >= 4 is 5.96 Å². The molecule has 2 aromatic rings. The first kappa shape index (κ1) is 17.5. The lowest BCUT2D eigenvalue weighted by atomic mass is 10.1. The van der Waals surface area contributed by atoms with Crippen LogP contribution in [0.3, 0.4) is 0 Å². The minimum atomic E-state index is 0.524. The summed E-state index contributed by atoms with van der Waals surface area (Å²) in [6.07, 6.45) is 7.61. The zero-order chi connectivity index (χ0) is 17.3. The van der Waals surface area contributed by atoms with Crippen molar-refractivity contribution in [1.29, 1.82) is 0 Å². The molecule has 0 unspecified atom stereocenters. The number of nitrogens with one attached hydrogen (secondary N) is 1. The normalized spacial score (nSPS) is 14.8. The Kier molecular flexibility index (Phi) is 6.42. The molecule has 3 rings (SSSR count). The summed E-state index contributed by atoms with van der Waals surface area (Å²) in [5.74, 6) is 2.77.